The molecule has 0 saturated carbocycles. The van der Waals surface area contributed by atoms with E-state index in [1.54, 1.807) is 32.0 Å². The maximum absolute atomic E-state index is 12.2. The average molecular weight is 250 g/mol. The fourth-order valence-electron chi connectivity index (χ4n) is 1.58. The van der Waals surface area contributed by atoms with Gasteiger partial charge in [0.1, 0.15) is 5.75 Å². The predicted octanol–water partition coefficient (Wildman–Crippen LogP) is 0.909. The molecule has 0 fully saturated rings. The van der Waals surface area contributed by atoms with Gasteiger partial charge >= 0.3 is 0 Å². The Morgan fingerprint density at radius 1 is 1.39 bits per heavy atom. The molecule has 0 radical (unpaired) electrons. The average Bonchev–Trinajstić information content (AvgIpc) is 2.38. The minimum atomic E-state index is -0.345. The van der Waals surface area contributed by atoms with Crippen LogP contribution in [0.5, 0.6) is 5.75 Å². The Kier molecular flexibility index (Phi) is 4.71. The Labute approximate surface area is 106 Å². The van der Waals surface area contributed by atoms with Crippen LogP contribution in [0.2, 0.25) is 0 Å². The topological polar surface area (TPSA) is 69.6 Å². The maximum Gasteiger partial charge on any atom is 0.258 e. The second kappa shape index (κ2) is 6.05. The number of nitrogens with one attached hydrogen (secondary N) is 1. The van der Waals surface area contributed by atoms with Crippen molar-refractivity contribution < 1.29 is 14.7 Å². The fourth-order valence-corrected chi connectivity index (χ4v) is 1.58. The zero-order chi connectivity index (χ0) is 13.7. The number of phenols is 1. The summed E-state index contributed by atoms with van der Waals surface area (Å²) in [4.78, 5) is 24.9. The molecule has 0 heterocycles. The van der Waals surface area contributed by atoms with E-state index in [-0.39, 0.29) is 29.7 Å². The molecule has 0 spiro atoms. The number of nitrogens with zero attached hydrogens (tertiary/aromatic N) is 1. The summed E-state index contributed by atoms with van der Waals surface area (Å²) >= 11 is 0. The van der Waals surface area contributed by atoms with Crippen molar-refractivity contribution >= 4 is 11.8 Å². The van der Waals surface area contributed by atoms with Crippen LogP contribution in [0.4, 0.5) is 0 Å². The first-order chi connectivity index (χ1) is 8.51. The summed E-state index contributed by atoms with van der Waals surface area (Å²) in [6, 6.07) is 4.98. The molecule has 0 aliphatic rings. The lowest BCUT2D eigenvalue weighted by Crippen LogP contribution is -2.39. The van der Waals surface area contributed by atoms with Gasteiger partial charge in [0.05, 0.1) is 12.1 Å². The van der Waals surface area contributed by atoms with Crippen LogP contribution in [0.1, 0.15) is 22.8 Å². The van der Waals surface area contributed by atoms with E-state index in [1.807, 2.05) is 0 Å². The molecule has 1 rings (SSSR count). The van der Waals surface area contributed by atoms with Crippen LogP contribution in [-0.2, 0) is 4.79 Å². The first-order valence-electron chi connectivity index (χ1n) is 5.79. The number of carbonyl (C=O) groups excluding carboxylic acids is 2. The molecule has 5 nitrogen and oxygen atoms in total. The van der Waals surface area contributed by atoms with E-state index in [9.17, 15) is 14.7 Å². The van der Waals surface area contributed by atoms with Crippen LogP contribution < -0.4 is 5.32 Å². The van der Waals surface area contributed by atoms with Crippen molar-refractivity contribution in [2.75, 3.05) is 20.1 Å². The van der Waals surface area contributed by atoms with Gasteiger partial charge in [-0.15, -0.1) is 0 Å². The van der Waals surface area contributed by atoms with Gasteiger partial charge in [-0.05, 0) is 25.5 Å². The molecule has 0 unspecified atom stereocenters. The SMILES string of the molecule is CCN(CC(=O)NC)C(=O)c1cccc(C)c1O. The summed E-state index contributed by atoms with van der Waals surface area (Å²) in [5.41, 5.74) is 0.859. The van der Waals surface area contributed by atoms with Crippen molar-refractivity contribution in [1.82, 2.24) is 10.2 Å². The van der Waals surface area contributed by atoms with Gasteiger partial charge in [-0.25, -0.2) is 0 Å². The number of benzene rings is 1. The van der Waals surface area contributed by atoms with Gasteiger partial charge < -0.3 is 15.3 Å². The Hall–Kier alpha value is -2.04. The highest BCUT2D eigenvalue weighted by Crippen LogP contribution is 2.22. The number of likely N-dealkylation sites (N-methyl/N-ethyl adjacent to an activating group) is 2. The number of hydrogen-bond acceptors (Lipinski definition) is 3. The van der Waals surface area contributed by atoms with E-state index in [1.165, 1.54) is 11.9 Å². The number of aryl methyl sites for hydroxylation is 1. The molecule has 98 valence electrons. The Bertz CT molecular complexity index is 458. The minimum absolute atomic E-state index is 0.0147. The minimum Gasteiger partial charge on any atom is -0.507 e. The van der Waals surface area contributed by atoms with Gasteiger partial charge in [0.25, 0.3) is 5.91 Å². The lowest BCUT2D eigenvalue weighted by Gasteiger charge is -2.20. The van der Waals surface area contributed by atoms with Crippen molar-refractivity contribution in [3.63, 3.8) is 0 Å². The number of phenolic OH excluding ortho intramolecular Hbond substituents is 1. The lowest BCUT2D eigenvalue weighted by atomic mass is 10.1. The van der Waals surface area contributed by atoms with Crippen LogP contribution >= 0.6 is 0 Å². The third-order valence-corrected chi connectivity index (χ3v) is 2.75. The number of hydrogen-bond donors (Lipinski definition) is 2. The smallest absolute Gasteiger partial charge is 0.258 e. The van der Waals surface area contributed by atoms with Crippen molar-refractivity contribution in [2.24, 2.45) is 0 Å². The van der Waals surface area contributed by atoms with Gasteiger partial charge in [0.2, 0.25) is 5.91 Å². The van der Waals surface area contributed by atoms with Crippen molar-refractivity contribution in [2.45, 2.75) is 13.8 Å². The van der Waals surface area contributed by atoms with Gasteiger partial charge in [0, 0.05) is 13.6 Å². The molecular weight excluding hydrogens is 232 g/mol. The van der Waals surface area contributed by atoms with Crippen LogP contribution in [0.25, 0.3) is 0 Å². The van der Waals surface area contributed by atoms with E-state index in [2.05, 4.69) is 5.32 Å². The molecule has 0 saturated heterocycles. The van der Waals surface area contributed by atoms with Crippen LogP contribution in [0.3, 0.4) is 0 Å². The van der Waals surface area contributed by atoms with Gasteiger partial charge in [-0.1, -0.05) is 12.1 Å². The molecule has 1 aromatic rings. The second-order valence-corrected chi connectivity index (χ2v) is 3.96. The Morgan fingerprint density at radius 3 is 2.61 bits per heavy atom. The molecule has 0 aliphatic carbocycles. The molecule has 0 aromatic heterocycles. The van der Waals surface area contributed by atoms with E-state index < -0.39 is 0 Å². The summed E-state index contributed by atoms with van der Waals surface area (Å²) in [5.74, 6) is -0.613. The molecule has 2 amide bonds. The van der Waals surface area contributed by atoms with Gasteiger partial charge in [-0.2, -0.15) is 0 Å². The number of amides is 2. The molecule has 0 bridgehead atoms. The Morgan fingerprint density at radius 2 is 2.06 bits per heavy atom. The monoisotopic (exact) mass is 250 g/mol. The number of para-hydroxylation sites is 1. The molecule has 0 aliphatic heterocycles. The Balaban J connectivity index is 2.97. The largest absolute Gasteiger partial charge is 0.507 e. The normalized spacial score (nSPS) is 9.94. The quantitative estimate of drug-likeness (QED) is 0.834. The van der Waals surface area contributed by atoms with E-state index >= 15 is 0 Å². The highest BCUT2D eigenvalue weighted by Gasteiger charge is 2.20. The van der Waals surface area contributed by atoms with Gasteiger partial charge in [0.15, 0.2) is 0 Å². The van der Waals surface area contributed by atoms with Crippen LogP contribution in [-0.4, -0.2) is 42.0 Å². The lowest BCUT2D eigenvalue weighted by molar-refractivity contribution is -0.121. The van der Waals surface area contributed by atoms with Crippen molar-refractivity contribution in [3.8, 4) is 5.75 Å². The molecule has 1 aromatic carbocycles. The molecular formula is C13H18N2O3. The zero-order valence-corrected chi connectivity index (χ0v) is 10.9. The van der Waals surface area contributed by atoms with Crippen LogP contribution in [0, 0.1) is 6.92 Å². The van der Waals surface area contributed by atoms with Crippen LogP contribution in [0.15, 0.2) is 18.2 Å². The maximum atomic E-state index is 12.2. The highest BCUT2D eigenvalue weighted by molar-refractivity contribution is 5.99. The first-order valence-corrected chi connectivity index (χ1v) is 5.79. The summed E-state index contributed by atoms with van der Waals surface area (Å²) in [6.45, 7) is 3.90. The standard InChI is InChI=1S/C13H18N2O3/c1-4-15(8-11(16)14-3)13(18)10-7-5-6-9(2)12(10)17/h5-7,17H,4,8H2,1-3H3,(H,14,16). The number of carbonyl (C=O) groups is 2. The molecule has 2 N–H and O–H groups in total. The van der Waals surface area contributed by atoms with E-state index in [4.69, 9.17) is 0 Å². The number of aromatic hydroxyl groups is 1. The summed E-state index contributed by atoms with van der Waals surface area (Å²) in [5, 5.41) is 12.3. The molecule has 18 heavy (non-hydrogen) atoms. The first kappa shape index (κ1) is 14.0. The van der Waals surface area contributed by atoms with E-state index in [0.717, 1.165) is 0 Å². The number of rotatable bonds is 4. The molecule has 0 atom stereocenters. The third-order valence-electron chi connectivity index (χ3n) is 2.75. The van der Waals surface area contributed by atoms with E-state index in [0.29, 0.717) is 12.1 Å². The van der Waals surface area contributed by atoms with Gasteiger partial charge in [-0.3, -0.25) is 9.59 Å². The molecule has 5 heteroatoms. The summed E-state index contributed by atoms with van der Waals surface area (Å²) in [6.07, 6.45) is 0. The zero-order valence-electron chi connectivity index (χ0n) is 10.9. The highest BCUT2D eigenvalue weighted by atomic mass is 16.3. The second-order valence-electron chi connectivity index (χ2n) is 3.96. The van der Waals surface area contributed by atoms with Crippen molar-refractivity contribution in [1.29, 1.82) is 0 Å². The summed E-state index contributed by atoms with van der Waals surface area (Å²) in [7, 11) is 1.52. The third kappa shape index (κ3) is 3.00. The predicted molar refractivity (Wildman–Crippen MR) is 68.5 cm³/mol. The fraction of sp³-hybridized carbons (Fsp3) is 0.385. The van der Waals surface area contributed by atoms with Crippen molar-refractivity contribution in [3.05, 3.63) is 29.3 Å². The summed E-state index contributed by atoms with van der Waals surface area (Å²) < 4.78 is 0.